The lowest BCUT2D eigenvalue weighted by atomic mass is 10.2. The molecular formula is C20H33N5O5Si. The normalized spacial score (nSPS) is 22.4. The van der Waals surface area contributed by atoms with Crippen LogP contribution in [0.25, 0.3) is 11.2 Å². The van der Waals surface area contributed by atoms with E-state index in [1.54, 1.807) is 18.4 Å². The van der Waals surface area contributed by atoms with Crippen molar-refractivity contribution in [2.24, 2.45) is 5.92 Å². The number of hydrogen-bond acceptors (Lipinski definition) is 7. The molecule has 0 aliphatic carbocycles. The molecule has 0 bridgehead atoms. The number of aliphatic hydroxyl groups excluding tert-OH is 1. The van der Waals surface area contributed by atoms with Crippen molar-refractivity contribution in [3.63, 3.8) is 0 Å². The lowest BCUT2D eigenvalue weighted by molar-refractivity contribution is -0.118. The number of nitrogens with zero attached hydrogens (tertiary/aromatic N) is 3. The van der Waals surface area contributed by atoms with E-state index < -0.39 is 32.3 Å². The molecule has 11 heteroatoms. The number of aromatic amines is 1. The van der Waals surface area contributed by atoms with Crippen LogP contribution in [0.2, 0.25) is 18.1 Å². The molecule has 2 aromatic heterocycles. The highest BCUT2D eigenvalue weighted by molar-refractivity contribution is 6.74. The summed E-state index contributed by atoms with van der Waals surface area (Å²) in [5.74, 6) is -0.473. The Bertz CT molecular complexity index is 1010. The second-order valence-corrected chi connectivity index (χ2v) is 14.7. The van der Waals surface area contributed by atoms with Crippen LogP contribution in [0.4, 0.5) is 5.95 Å². The number of anilines is 1. The average Bonchev–Trinajstić information content (AvgIpc) is 3.22. The molecule has 3 heterocycles. The first-order valence-electron chi connectivity index (χ1n) is 10.6. The first-order chi connectivity index (χ1) is 14.3. The Kier molecular flexibility index (Phi) is 6.43. The minimum atomic E-state index is -1.98. The Labute approximate surface area is 182 Å². The maximum Gasteiger partial charge on any atom is 0.280 e. The number of ether oxygens (including phenoxy) is 1. The van der Waals surface area contributed by atoms with Gasteiger partial charge in [0.05, 0.1) is 19.0 Å². The Morgan fingerprint density at radius 2 is 2.13 bits per heavy atom. The van der Waals surface area contributed by atoms with Crippen molar-refractivity contribution in [2.45, 2.75) is 77.6 Å². The summed E-state index contributed by atoms with van der Waals surface area (Å²) in [6, 6.07) is 0. The Hall–Kier alpha value is -2.08. The van der Waals surface area contributed by atoms with Gasteiger partial charge >= 0.3 is 0 Å². The summed E-state index contributed by atoms with van der Waals surface area (Å²) in [5.41, 5.74) is -0.0354. The summed E-state index contributed by atoms with van der Waals surface area (Å²) < 4.78 is 13.9. The average molecular weight is 452 g/mol. The molecule has 31 heavy (non-hydrogen) atoms. The molecular weight excluding hydrogens is 418 g/mol. The first kappa shape index (κ1) is 23.6. The van der Waals surface area contributed by atoms with Crippen LogP contribution in [-0.4, -0.2) is 57.7 Å². The minimum absolute atomic E-state index is 0.0503. The van der Waals surface area contributed by atoms with Gasteiger partial charge in [-0.1, -0.05) is 34.6 Å². The number of imidazole rings is 1. The zero-order valence-electron chi connectivity index (χ0n) is 19.2. The fourth-order valence-electron chi connectivity index (χ4n) is 3.00. The molecule has 3 N–H and O–H groups in total. The number of nitrogens with one attached hydrogen (secondary N) is 2. The van der Waals surface area contributed by atoms with E-state index in [4.69, 9.17) is 9.16 Å². The molecule has 0 aromatic carbocycles. The topological polar surface area (TPSA) is 131 Å². The van der Waals surface area contributed by atoms with E-state index in [0.29, 0.717) is 13.0 Å². The van der Waals surface area contributed by atoms with Crippen molar-refractivity contribution < 1.29 is 19.1 Å². The monoisotopic (exact) mass is 451 g/mol. The van der Waals surface area contributed by atoms with Gasteiger partial charge < -0.3 is 14.3 Å². The van der Waals surface area contributed by atoms with Crippen molar-refractivity contribution in [2.75, 3.05) is 11.9 Å². The van der Waals surface area contributed by atoms with Gasteiger partial charge in [0.1, 0.15) is 12.3 Å². The number of fused-ring (bicyclic) bond motifs is 1. The van der Waals surface area contributed by atoms with Crippen molar-refractivity contribution in [1.29, 1.82) is 0 Å². The van der Waals surface area contributed by atoms with E-state index in [-0.39, 0.29) is 34.0 Å². The SMILES string of the molecule is CC(C)C(=O)Nc1nc2c(ncn2[C@@H]2C[C@H](O)[C@H](CO[Si](C)(C)C(C)(C)C)O2)c(=O)[nH]1. The largest absolute Gasteiger partial charge is 0.414 e. The maximum absolute atomic E-state index is 12.4. The van der Waals surface area contributed by atoms with Crippen LogP contribution in [0, 0.1) is 5.92 Å². The number of amides is 1. The zero-order valence-corrected chi connectivity index (χ0v) is 20.2. The predicted molar refractivity (Wildman–Crippen MR) is 119 cm³/mol. The second kappa shape index (κ2) is 8.45. The molecule has 3 atom stereocenters. The van der Waals surface area contributed by atoms with Crippen LogP contribution in [-0.2, 0) is 14.0 Å². The van der Waals surface area contributed by atoms with Gasteiger partial charge in [-0.3, -0.25) is 24.5 Å². The molecule has 1 amide bonds. The third-order valence-electron chi connectivity index (χ3n) is 6.13. The van der Waals surface area contributed by atoms with E-state index in [0.717, 1.165) is 0 Å². The van der Waals surface area contributed by atoms with Crippen molar-refractivity contribution in [3.05, 3.63) is 16.7 Å². The number of carbonyl (C=O) groups excluding carboxylic acids is 1. The van der Waals surface area contributed by atoms with Crippen LogP contribution in [0.15, 0.2) is 11.1 Å². The van der Waals surface area contributed by atoms with E-state index >= 15 is 0 Å². The lowest BCUT2D eigenvalue weighted by Gasteiger charge is -2.37. The minimum Gasteiger partial charge on any atom is -0.414 e. The maximum atomic E-state index is 12.4. The summed E-state index contributed by atoms with van der Waals surface area (Å²) in [6.07, 6.45) is 0.0400. The van der Waals surface area contributed by atoms with Gasteiger partial charge in [0, 0.05) is 12.3 Å². The second-order valence-electron chi connectivity index (χ2n) is 9.89. The third kappa shape index (κ3) is 4.89. The highest BCUT2D eigenvalue weighted by Gasteiger charge is 2.41. The number of hydrogen-bond donors (Lipinski definition) is 3. The van der Waals surface area contributed by atoms with E-state index in [2.05, 4.69) is 54.1 Å². The highest BCUT2D eigenvalue weighted by atomic mass is 28.4. The Morgan fingerprint density at radius 3 is 2.74 bits per heavy atom. The molecule has 0 radical (unpaired) electrons. The number of aromatic nitrogens is 4. The number of H-pyrrole nitrogens is 1. The quantitative estimate of drug-likeness (QED) is 0.575. The van der Waals surface area contributed by atoms with Gasteiger partial charge in [0.25, 0.3) is 5.56 Å². The lowest BCUT2D eigenvalue weighted by Crippen LogP contribution is -2.43. The first-order valence-corrected chi connectivity index (χ1v) is 13.5. The zero-order chi connectivity index (χ0) is 23.1. The molecule has 1 saturated heterocycles. The summed E-state index contributed by atoms with van der Waals surface area (Å²) in [7, 11) is -1.98. The number of carbonyl (C=O) groups is 1. The van der Waals surface area contributed by atoms with Crippen LogP contribution in [0.5, 0.6) is 0 Å². The Morgan fingerprint density at radius 1 is 1.45 bits per heavy atom. The predicted octanol–water partition coefficient (Wildman–Crippen LogP) is 2.38. The van der Waals surface area contributed by atoms with Crippen molar-refractivity contribution in [1.82, 2.24) is 19.5 Å². The smallest absolute Gasteiger partial charge is 0.280 e. The van der Waals surface area contributed by atoms with Crippen LogP contribution in [0.3, 0.4) is 0 Å². The fourth-order valence-corrected chi connectivity index (χ4v) is 4.01. The molecule has 3 rings (SSSR count). The van der Waals surface area contributed by atoms with Gasteiger partial charge in [-0.25, -0.2) is 4.98 Å². The summed E-state index contributed by atoms with van der Waals surface area (Å²) in [5, 5.41) is 13.2. The summed E-state index contributed by atoms with van der Waals surface area (Å²) in [4.78, 5) is 35.4. The van der Waals surface area contributed by atoms with Gasteiger partial charge in [-0.05, 0) is 18.1 Å². The van der Waals surface area contributed by atoms with E-state index in [9.17, 15) is 14.7 Å². The van der Waals surface area contributed by atoms with Crippen molar-refractivity contribution >= 4 is 31.3 Å². The fraction of sp³-hybridized carbons (Fsp3) is 0.700. The molecule has 2 aromatic rings. The summed E-state index contributed by atoms with van der Waals surface area (Å²) >= 11 is 0. The number of rotatable bonds is 6. The standard InChI is InChI=1S/C20H33N5O5Si/c1-11(2)17(27)23-19-22-16-15(18(28)24-19)21-10-25(16)14-8-12(26)13(30-14)9-29-31(6,7)20(3,4)5/h10-14,26H,8-9H2,1-7H3,(H2,22,23,24,27,28)/t12-,13-,14-/m0/s1. The third-order valence-corrected chi connectivity index (χ3v) is 10.6. The molecule has 0 saturated carbocycles. The van der Waals surface area contributed by atoms with Gasteiger partial charge in [0.2, 0.25) is 11.9 Å². The van der Waals surface area contributed by atoms with Gasteiger partial charge in [-0.15, -0.1) is 0 Å². The van der Waals surface area contributed by atoms with Crippen LogP contribution < -0.4 is 10.9 Å². The highest BCUT2D eigenvalue weighted by Crippen LogP contribution is 2.38. The van der Waals surface area contributed by atoms with E-state index in [1.807, 2.05) is 0 Å². The molecule has 0 unspecified atom stereocenters. The summed E-state index contributed by atoms with van der Waals surface area (Å²) in [6.45, 7) is 14.6. The van der Waals surface area contributed by atoms with Gasteiger partial charge in [0.15, 0.2) is 19.5 Å². The molecule has 1 aliphatic heterocycles. The molecule has 10 nitrogen and oxygen atoms in total. The Balaban J connectivity index is 1.80. The molecule has 0 spiro atoms. The number of aliphatic hydroxyl groups is 1. The van der Waals surface area contributed by atoms with E-state index in [1.165, 1.54) is 6.33 Å². The van der Waals surface area contributed by atoms with Crippen LogP contribution in [0.1, 0.15) is 47.3 Å². The molecule has 1 aliphatic rings. The molecule has 172 valence electrons. The van der Waals surface area contributed by atoms with Gasteiger partial charge in [-0.2, -0.15) is 4.98 Å². The molecule has 1 fully saturated rings. The van der Waals surface area contributed by atoms with Crippen molar-refractivity contribution in [3.8, 4) is 0 Å². The van der Waals surface area contributed by atoms with Crippen LogP contribution >= 0.6 is 0 Å².